The summed E-state index contributed by atoms with van der Waals surface area (Å²) in [5.74, 6) is 0.818. The van der Waals surface area contributed by atoms with Gasteiger partial charge in [-0.3, -0.25) is 0 Å². The average Bonchev–Trinajstić information content (AvgIpc) is 2.91. The van der Waals surface area contributed by atoms with Crippen LogP contribution in [0.15, 0.2) is 103 Å². The van der Waals surface area contributed by atoms with Gasteiger partial charge in [-0.1, -0.05) is 112 Å². The Hall–Kier alpha value is -1.88. The fourth-order valence-corrected chi connectivity index (χ4v) is 8.98. The minimum atomic E-state index is -1.73. The van der Waals surface area contributed by atoms with Gasteiger partial charge in [0.25, 0.3) is 0 Å². The second kappa shape index (κ2) is 15.9. The van der Waals surface area contributed by atoms with Gasteiger partial charge in [0.15, 0.2) is 0 Å². The zero-order chi connectivity index (χ0) is 23.7. The molecular formula is C32H41ClP+. The van der Waals surface area contributed by atoms with E-state index in [0.29, 0.717) is 0 Å². The molecule has 0 spiro atoms. The summed E-state index contributed by atoms with van der Waals surface area (Å²) in [4.78, 5) is 0. The van der Waals surface area contributed by atoms with Gasteiger partial charge in [0.2, 0.25) is 0 Å². The highest BCUT2D eigenvalue weighted by Gasteiger charge is 2.43. The fraction of sp³-hybridized carbons (Fsp3) is 0.375. The van der Waals surface area contributed by atoms with E-state index >= 15 is 0 Å². The van der Waals surface area contributed by atoms with Crippen LogP contribution in [0, 0.1) is 0 Å². The Morgan fingerprint density at radius 1 is 0.471 bits per heavy atom. The highest BCUT2D eigenvalue weighted by Crippen LogP contribution is 2.55. The van der Waals surface area contributed by atoms with Crippen LogP contribution >= 0.6 is 18.9 Å². The van der Waals surface area contributed by atoms with Crippen molar-refractivity contribution in [3.05, 3.63) is 103 Å². The van der Waals surface area contributed by atoms with Crippen LogP contribution in [0.1, 0.15) is 64.2 Å². The quantitative estimate of drug-likeness (QED) is 0.0813. The minimum absolute atomic E-state index is 0.818. The van der Waals surface area contributed by atoms with Crippen LogP contribution in [0.4, 0.5) is 0 Å². The van der Waals surface area contributed by atoms with Crippen molar-refractivity contribution in [3.63, 3.8) is 0 Å². The maximum absolute atomic E-state index is 5.75. The number of hydrogen-bond donors (Lipinski definition) is 0. The Balaban J connectivity index is 1.60. The molecule has 0 aliphatic rings. The molecule has 0 saturated carbocycles. The highest BCUT2D eigenvalue weighted by molar-refractivity contribution is 7.95. The molecule has 180 valence electrons. The summed E-state index contributed by atoms with van der Waals surface area (Å²) in [6, 6.07) is 33.5. The lowest BCUT2D eigenvalue weighted by Crippen LogP contribution is -2.32. The third-order valence-corrected chi connectivity index (χ3v) is 11.2. The lowest BCUT2D eigenvalue weighted by atomic mass is 10.1. The number of benzene rings is 3. The molecule has 0 bridgehead atoms. The molecule has 3 aromatic carbocycles. The smallest absolute Gasteiger partial charge is 0.115 e. The number of alkyl halides is 1. The van der Waals surface area contributed by atoms with Crippen molar-refractivity contribution < 1.29 is 0 Å². The van der Waals surface area contributed by atoms with Crippen molar-refractivity contribution in [2.75, 3.05) is 12.0 Å². The van der Waals surface area contributed by atoms with Crippen molar-refractivity contribution in [1.82, 2.24) is 0 Å². The maximum Gasteiger partial charge on any atom is 0.115 e. The van der Waals surface area contributed by atoms with Gasteiger partial charge in [0.05, 0.1) is 6.16 Å². The van der Waals surface area contributed by atoms with E-state index in [1.807, 2.05) is 0 Å². The number of halogens is 1. The third kappa shape index (κ3) is 8.11. The zero-order valence-electron chi connectivity index (χ0n) is 20.6. The number of unbranched alkanes of at least 4 members (excludes halogenated alkanes) is 9. The van der Waals surface area contributed by atoms with E-state index in [0.717, 1.165) is 12.0 Å². The van der Waals surface area contributed by atoms with E-state index in [9.17, 15) is 0 Å². The lowest BCUT2D eigenvalue weighted by Gasteiger charge is -2.26. The van der Waals surface area contributed by atoms with Crippen molar-refractivity contribution in [3.8, 4) is 0 Å². The maximum atomic E-state index is 5.75. The normalized spacial score (nSPS) is 11.8. The minimum Gasteiger partial charge on any atom is -0.127 e. The molecule has 0 atom stereocenters. The predicted octanol–water partition coefficient (Wildman–Crippen LogP) is 8.68. The average molecular weight is 492 g/mol. The Kier molecular flexibility index (Phi) is 12.5. The van der Waals surface area contributed by atoms with Gasteiger partial charge >= 0.3 is 0 Å². The molecule has 34 heavy (non-hydrogen) atoms. The van der Waals surface area contributed by atoms with Crippen LogP contribution in [0.5, 0.6) is 0 Å². The molecule has 2 heteroatoms. The molecule has 3 rings (SSSR count). The molecule has 0 nitrogen and oxygen atoms in total. The summed E-state index contributed by atoms with van der Waals surface area (Å²) in [6.07, 6.45) is 19.2. The Bertz CT molecular complexity index is 824. The predicted molar refractivity (Wildman–Crippen MR) is 156 cm³/mol. The summed E-state index contributed by atoms with van der Waals surface area (Å²) in [5, 5.41) is 4.38. The first-order valence-corrected chi connectivity index (χ1v) is 15.6. The third-order valence-electron chi connectivity index (χ3n) is 6.64. The molecule has 0 N–H and O–H groups in total. The summed E-state index contributed by atoms with van der Waals surface area (Å²) in [6.45, 7) is 0. The molecule has 0 aromatic heterocycles. The molecule has 3 aromatic rings. The monoisotopic (exact) mass is 491 g/mol. The van der Waals surface area contributed by atoms with Crippen LogP contribution in [-0.4, -0.2) is 12.0 Å². The van der Waals surface area contributed by atoms with Crippen molar-refractivity contribution >= 4 is 34.8 Å². The van der Waals surface area contributed by atoms with Gasteiger partial charge in [-0.2, -0.15) is 0 Å². The zero-order valence-corrected chi connectivity index (χ0v) is 22.3. The van der Waals surface area contributed by atoms with Crippen LogP contribution in [0.3, 0.4) is 0 Å². The Morgan fingerprint density at radius 2 is 0.853 bits per heavy atom. The second-order valence-electron chi connectivity index (χ2n) is 9.13. The number of rotatable bonds is 16. The van der Waals surface area contributed by atoms with Crippen molar-refractivity contribution in [1.29, 1.82) is 0 Å². The molecule has 0 unspecified atom stereocenters. The molecule has 0 aliphatic carbocycles. The van der Waals surface area contributed by atoms with E-state index < -0.39 is 7.26 Å². The van der Waals surface area contributed by atoms with Crippen molar-refractivity contribution in [2.45, 2.75) is 64.2 Å². The number of hydrogen-bond acceptors (Lipinski definition) is 0. The Labute approximate surface area is 213 Å². The van der Waals surface area contributed by atoms with Gasteiger partial charge in [-0.15, -0.1) is 11.6 Å². The van der Waals surface area contributed by atoms with Crippen LogP contribution in [0.2, 0.25) is 0 Å². The standard InChI is InChI=1S/C32H41ClP/c33-28-20-9-7-5-3-1-2-4-6-8-10-21-29-34(30-22-14-11-15-23-30,31-24-16-12-17-25-31)32-26-18-13-19-27-32/h10-19,21-27H,1-9,20,28-29H2/q+1. The van der Waals surface area contributed by atoms with E-state index in [2.05, 4.69) is 103 Å². The summed E-state index contributed by atoms with van der Waals surface area (Å²) < 4.78 is 0. The fourth-order valence-electron chi connectivity index (χ4n) is 4.76. The van der Waals surface area contributed by atoms with Gasteiger partial charge in [-0.25, -0.2) is 0 Å². The van der Waals surface area contributed by atoms with Gasteiger partial charge < -0.3 is 0 Å². The van der Waals surface area contributed by atoms with E-state index in [1.54, 1.807) is 0 Å². The first-order valence-electron chi connectivity index (χ1n) is 13.1. The first-order chi connectivity index (χ1) is 16.9. The first kappa shape index (κ1) is 26.7. The summed E-state index contributed by atoms with van der Waals surface area (Å²) >= 11 is 5.75. The van der Waals surface area contributed by atoms with Crippen LogP contribution in [-0.2, 0) is 0 Å². The summed E-state index contributed by atoms with van der Waals surface area (Å²) in [7, 11) is -1.73. The largest absolute Gasteiger partial charge is 0.127 e. The molecule has 0 saturated heterocycles. The molecule has 0 heterocycles. The van der Waals surface area contributed by atoms with Crippen LogP contribution < -0.4 is 15.9 Å². The van der Waals surface area contributed by atoms with Crippen LogP contribution in [0.25, 0.3) is 0 Å². The second-order valence-corrected chi connectivity index (χ2v) is 13.0. The van der Waals surface area contributed by atoms with Gasteiger partial charge in [0, 0.05) is 5.88 Å². The topological polar surface area (TPSA) is 0 Å². The van der Waals surface area contributed by atoms with E-state index in [-0.39, 0.29) is 0 Å². The van der Waals surface area contributed by atoms with Crippen molar-refractivity contribution in [2.24, 2.45) is 0 Å². The van der Waals surface area contributed by atoms with E-state index in [1.165, 1.54) is 80.1 Å². The lowest BCUT2D eigenvalue weighted by molar-refractivity contribution is 0.567. The Morgan fingerprint density at radius 3 is 1.26 bits per heavy atom. The molecule has 0 fully saturated rings. The molecule has 0 radical (unpaired) electrons. The number of allylic oxidation sites excluding steroid dienone is 2. The van der Waals surface area contributed by atoms with Gasteiger partial charge in [0.1, 0.15) is 23.2 Å². The van der Waals surface area contributed by atoms with Gasteiger partial charge in [-0.05, 0) is 55.7 Å². The summed E-state index contributed by atoms with van der Waals surface area (Å²) in [5.41, 5.74) is 0. The van der Waals surface area contributed by atoms with E-state index in [4.69, 9.17) is 11.6 Å². The molecule has 0 aliphatic heterocycles. The molecule has 0 amide bonds. The SMILES string of the molecule is ClCCCCCCCCCCCC=CC[P+](c1ccccc1)(c1ccccc1)c1ccccc1. The molecular weight excluding hydrogens is 451 g/mol. The highest BCUT2D eigenvalue weighted by atomic mass is 35.5.